The Kier molecular flexibility index (Phi) is 16.9. The van der Waals surface area contributed by atoms with Gasteiger partial charge in [-0.15, -0.1) is 0 Å². The quantitative estimate of drug-likeness (QED) is 0.143. The molecule has 2 aliphatic rings. The molecule has 4 heterocycles. The minimum atomic E-state index is -0.590. The van der Waals surface area contributed by atoms with Gasteiger partial charge in [0.2, 0.25) is 12.8 Å². The number of pyridine rings is 2. The number of imidazole rings is 2. The average molecular weight is 857 g/mol. The van der Waals surface area contributed by atoms with E-state index in [0.29, 0.717) is 45.3 Å². The van der Waals surface area contributed by atoms with Crippen LogP contribution in [-0.2, 0) is 26.7 Å². The summed E-state index contributed by atoms with van der Waals surface area (Å²) in [5.41, 5.74) is 1.85. The first kappa shape index (κ1) is 47.0. The molecule has 0 bridgehead atoms. The molecule has 61 heavy (non-hydrogen) atoms. The molecule has 0 spiro atoms. The van der Waals surface area contributed by atoms with Gasteiger partial charge >= 0.3 is 17.1 Å². The van der Waals surface area contributed by atoms with Crippen LogP contribution >= 0.6 is 0 Å². The van der Waals surface area contributed by atoms with Crippen LogP contribution in [0.1, 0.15) is 64.2 Å². The number of nitrogens with one attached hydrogen (secondary N) is 2. The minimum Gasteiger partial charge on any atom is -0.431 e. The molecule has 0 unspecified atom stereocenters. The number of carbonyl (C=O) groups is 6. The molecule has 0 saturated heterocycles. The molecular weight excluding hydrogens is 824 g/mol. The van der Waals surface area contributed by atoms with Crippen molar-refractivity contribution in [2.45, 2.75) is 0 Å². The maximum atomic E-state index is 12.4. The first-order valence-corrected chi connectivity index (χ1v) is 17.3. The predicted octanol–water partition coefficient (Wildman–Crippen LogP) is 3.23. The molecule has 2 aromatic carbocycles. The molecule has 0 radical (unpaired) electrons. The van der Waals surface area contributed by atoms with Crippen LogP contribution < -0.4 is 9.97 Å². The molecule has 304 valence electrons. The van der Waals surface area contributed by atoms with E-state index in [1.807, 2.05) is 0 Å². The summed E-state index contributed by atoms with van der Waals surface area (Å²) in [7, 11) is 6.75. The number of aromatic nitrogens is 6. The van der Waals surface area contributed by atoms with Gasteiger partial charge in [-0.25, -0.2) is 0 Å². The molecule has 2 amide bonds. The summed E-state index contributed by atoms with van der Waals surface area (Å²) >= 11 is 0. The summed E-state index contributed by atoms with van der Waals surface area (Å²) in [5, 5.41) is 28.8. The van der Waals surface area contributed by atoms with Crippen LogP contribution in [0.4, 0.5) is 0 Å². The topological polar surface area (TPSA) is 284 Å². The third-order valence-corrected chi connectivity index (χ3v) is 7.70. The standard InChI is InChI=1S/2C16H9N3O2.C4H2N4.2C3H7NO.Fe/c2*20-14-9-5-1-2-6-10(9)15(21)13-12(14)18-16(19-13)11-7-3-4-8-17-11;5-1-3(7)4(8)2-6;2*1-4(2)3-5;/h2*1-8H,(H,17,18,19,20,21);7-8H;2*3H,1-2H3;/q;;;;;+2/p-2. The van der Waals surface area contributed by atoms with Crippen LogP contribution in [0.3, 0.4) is 0 Å². The molecule has 2 aliphatic carbocycles. The van der Waals surface area contributed by atoms with E-state index in [-0.39, 0.29) is 63.0 Å². The summed E-state index contributed by atoms with van der Waals surface area (Å²) < 4.78 is 0. The zero-order chi connectivity index (χ0) is 43.9. The van der Waals surface area contributed by atoms with Crippen molar-refractivity contribution in [3.05, 3.63) is 142 Å². The van der Waals surface area contributed by atoms with Gasteiger partial charge in [0, 0.05) is 85.6 Å². The Morgan fingerprint density at radius 1 is 0.557 bits per heavy atom. The second kappa shape index (κ2) is 22.0. The zero-order valence-electron chi connectivity index (χ0n) is 32.7. The Balaban J connectivity index is 0.000000232. The van der Waals surface area contributed by atoms with Crippen molar-refractivity contribution < 1.29 is 45.8 Å². The number of fused-ring (bicyclic) bond motifs is 4. The van der Waals surface area contributed by atoms with Gasteiger partial charge in [0.1, 0.15) is 12.1 Å². The van der Waals surface area contributed by atoms with E-state index in [1.165, 1.54) is 21.9 Å². The monoisotopic (exact) mass is 856 g/mol. The molecule has 4 aromatic heterocycles. The second-order valence-electron chi connectivity index (χ2n) is 12.4. The number of ketones is 4. The molecule has 0 fully saturated rings. The molecule has 8 rings (SSSR count). The normalized spacial score (nSPS) is 10.9. The van der Waals surface area contributed by atoms with Gasteiger partial charge in [-0.1, -0.05) is 60.7 Å². The van der Waals surface area contributed by atoms with Gasteiger partial charge < -0.3 is 29.7 Å². The van der Waals surface area contributed by atoms with Gasteiger partial charge in [-0.05, 0) is 35.9 Å². The predicted molar refractivity (Wildman–Crippen MR) is 214 cm³/mol. The van der Waals surface area contributed by atoms with Crippen LogP contribution in [0.15, 0.2) is 97.3 Å². The number of rotatable bonds is 5. The van der Waals surface area contributed by atoms with Crippen molar-refractivity contribution in [1.29, 1.82) is 21.3 Å². The van der Waals surface area contributed by atoms with Crippen LogP contribution in [0.25, 0.3) is 23.0 Å². The molecular formula is C42H32FeN12O6. The number of benzene rings is 2. The SMILES string of the molecule is CN(C)C=O.CN(C)C=O.N#CC(=N)C(=N)C#N.O=C1c2ccccc2C(=O)c2[n-]c(-c3ccccn3)nc21.O=C1c2ccccc2C(=O)c2[n-]c(-c3ccccn3)nc21.[Fe+2]. The van der Waals surface area contributed by atoms with E-state index in [9.17, 15) is 28.8 Å². The molecule has 2 N–H and O–H groups in total. The Morgan fingerprint density at radius 2 is 0.852 bits per heavy atom. The number of carbonyl (C=O) groups excluding carboxylic acids is 6. The Labute approximate surface area is 358 Å². The van der Waals surface area contributed by atoms with Crippen LogP contribution in [0.2, 0.25) is 0 Å². The van der Waals surface area contributed by atoms with Crippen molar-refractivity contribution in [3.8, 4) is 35.2 Å². The third-order valence-electron chi connectivity index (χ3n) is 7.70. The van der Waals surface area contributed by atoms with E-state index in [0.717, 1.165) is 12.8 Å². The second-order valence-corrected chi connectivity index (χ2v) is 12.4. The van der Waals surface area contributed by atoms with E-state index in [1.54, 1.807) is 126 Å². The molecule has 18 nitrogen and oxygen atoms in total. The van der Waals surface area contributed by atoms with Crippen LogP contribution in [0, 0.1) is 33.5 Å². The van der Waals surface area contributed by atoms with E-state index in [2.05, 4.69) is 29.9 Å². The van der Waals surface area contributed by atoms with E-state index < -0.39 is 11.4 Å². The van der Waals surface area contributed by atoms with Crippen molar-refractivity contribution in [2.75, 3.05) is 28.2 Å². The fourth-order valence-electron chi connectivity index (χ4n) is 4.92. The smallest absolute Gasteiger partial charge is 0.431 e. The fraction of sp³-hybridized carbons (Fsp3) is 0.0952. The van der Waals surface area contributed by atoms with Crippen molar-refractivity contribution in [1.82, 2.24) is 39.7 Å². The molecule has 6 aromatic rings. The van der Waals surface area contributed by atoms with Gasteiger partial charge in [0.15, 0.2) is 34.6 Å². The molecule has 19 heteroatoms. The molecule has 0 saturated carbocycles. The maximum absolute atomic E-state index is 12.4. The number of nitrogens with zero attached hydrogens (tertiary/aromatic N) is 10. The van der Waals surface area contributed by atoms with Crippen LogP contribution in [-0.4, -0.2) is 105 Å². The van der Waals surface area contributed by atoms with Crippen LogP contribution in [0.5, 0.6) is 0 Å². The Morgan fingerprint density at radius 3 is 1.11 bits per heavy atom. The van der Waals surface area contributed by atoms with Gasteiger partial charge in [0.25, 0.3) is 0 Å². The summed E-state index contributed by atoms with van der Waals surface area (Å²) in [5.74, 6) is -0.472. The van der Waals surface area contributed by atoms with Crippen molar-refractivity contribution >= 4 is 47.4 Å². The summed E-state index contributed by atoms with van der Waals surface area (Å²) in [4.78, 5) is 96.6. The summed E-state index contributed by atoms with van der Waals surface area (Å²) in [6.07, 6.45) is 4.73. The largest absolute Gasteiger partial charge is 2.00 e. The van der Waals surface area contributed by atoms with Gasteiger partial charge in [-0.2, -0.15) is 10.5 Å². The minimum absolute atomic E-state index is 0. The number of hydrogen-bond acceptors (Lipinski definition) is 14. The number of hydrogen-bond donors (Lipinski definition) is 2. The first-order chi connectivity index (χ1) is 28.8. The van der Waals surface area contributed by atoms with E-state index >= 15 is 0 Å². The molecule has 0 atom stereocenters. The Hall–Kier alpha value is -8.38. The van der Waals surface area contributed by atoms with Crippen molar-refractivity contribution in [2.24, 2.45) is 0 Å². The number of nitriles is 2. The maximum Gasteiger partial charge on any atom is 2.00 e. The molecule has 0 aliphatic heterocycles. The average Bonchev–Trinajstić information content (AvgIpc) is 3.96. The van der Waals surface area contributed by atoms with Crippen molar-refractivity contribution in [3.63, 3.8) is 0 Å². The summed E-state index contributed by atoms with van der Waals surface area (Å²) in [6.45, 7) is 0. The first-order valence-electron chi connectivity index (χ1n) is 17.3. The summed E-state index contributed by atoms with van der Waals surface area (Å²) in [6, 6.07) is 26.8. The number of amides is 2. The Bertz CT molecular complexity index is 2410. The third kappa shape index (κ3) is 11.4. The van der Waals surface area contributed by atoms with Gasteiger partial charge in [0.05, 0.1) is 11.4 Å². The zero-order valence-corrected chi connectivity index (χ0v) is 33.8. The fourth-order valence-corrected chi connectivity index (χ4v) is 4.92. The van der Waals surface area contributed by atoms with E-state index in [4.69, 9.17) is 21.3 Å². The van der Waals surface area contributed by atoms with Gasteiger partial charge in [-0.3, -0.25) is 49.6 Å².